The van der Waals surface area contributed by atoms with Crippen LogP contribution in [0.1, 0.15) is 12.0 Å². The minimum absolute atomic E-state index is 0.150. The number of likely N-dealkylation sites (tertiary alicyclic amines) is 1. The predicted molar refractivity (Wildman–Crippen MR) is 119 cm³/mol. The van der Waals surface area contributed by atoms with E-state index in [2.05, 4.69) is 0 Å². The molecule has 8 heteroatoms. The van der Waals surface area contributed by atoms with Gasteiger partial charge in [0.1, 0.15) is 18.1 Å². The molecule has 0 aliphatic carbocycles. The highest BCUT2D eigenvalue weighted by atomic mass is 16.5. The molecule has 2 aromatic carbocycles. The molecular formula is C24H30N2O6. The summed E-state index contributed by atoms with van der Waals surface area (Å²) in [5.41, 5.74) is 0.966. The van der Waals surface area contributed by atoms with Gasteiger partial charge in [0, 0.05) is 13.1 Å². The maximum absolute atomic E-state index is 12.9. The zero-order chi connectivity index (χ0) is 23.1. The second-order valence-electron chi connectivity index (χ2n) is 7.55. The third-order valence-electron chi connectivity index (χ3n) is 5.60. The molecule has 1 unspecified atom stereocenters. The number of hydrogen-bond acceptors (Lipinski definition) is 7. The van der Waals surface area contributed by atoms with Crippen molar-refractivity contribution in [3.05, 3.63) is 48.0 Å². The van der Waals surface area contributed by atoms with Gasteiger partial charge in [-0.25, -0.2) is 0 Å². The van der Waals surface area contributed by atoms with E-state index in [1.807, 2.05) is 54.4 Å². The van der Waals surface area contributed by atoms with Crippen LogP contribution in [-0.4, -0.2) is 75.7 Å². The normalized spacial score (nSPS) is 15.9. The molecule has 1 aliphatic heterocycles. The number of likely N-dealkylation sites (N-methyl/N-ethyl adjacent to an activating group) is 1. The number of amides is 2. The van der Waals surface area contributed by atoms with Crippen LogP contribution in [0.25, 0.3) is 0 Å². The Kier molecular flexibility index (Phi) is 7.94. The minimum atomic E-state index is -0.465. The van der Waals surface area contributed by atoms with Crippen LogP contribution in [0.3, 0.4) is 0 Å². The molecule has 32 heavy (non-hydrogen) atoms. The lowest BCUT2D eigenvalue weighted by atomic mass is 10.1. The minimum Gasteiger partial charge on any atom is -0.497 e. The summed E-state index contributed by atoms with van der Waals surface area (Å²) in [5.74, 6) is 2.44. The third kappa shape index (κ3) is 5.50. The van der Waals surface area contributed by atoms with Gasteiger partial charge in [-0.15, -0.1) is 0 Å². The van der Waals surface area contributed by atoms with E-state index in [0.29, 0.717) is 37.6 Å². The van der Waals surface area contributed by atoms with Crippen LogP contribution in [0.4, 0.5) is 0 Å². The monoisotopic (exact) mass is 442 g/mol. The molecule has 8 nitrogen and oxygen atoms in total. The molecular weight excluding hydrogens is 412 g/mol. The molecule has 0 aromatic heterocycles. The molecule has 0 spiro atoms. The van der Waals surface area contributed by atoms with Gasteiger partial charge in [-0.3, -0.25) is 19.4 Å². The number of carbonyl (C=O) groups is 2. The number of benzene rings is 2. The molecule has 0 saturated carbocycles. The maximum Gasteiger partial charge on any atom is 0.247 e. The Labute approximate surface area is 188 Å². The van der Waals surface area contributed by atoms with Crippen molar-refractivity contribution >= 4 is 11.8 Å². The zero-order valence-corrected chi connectivity index (χ0v) is 19.0. The SMILES string of the molecule is COc1ccc(OCCN(C)C2CC(=O)N(CCc3ccc(OC)c(OC)c3)C2=O)cc1. The number of hydrogen-bond donors (Lipinski definition) is 0. The molecule has 0 bridgehead atoms. The van der Waals surface area contributed by atoms with Gasteiger partial charge in [0.2, 0.25) is 11.8 Å². The van der Waals surface area contributed by atoms with Gasteiger partial charge < -0.3 is 18.9 Å². The lowest BCUT2D eigenvalue weighted by Crippen LogP contribution is -2.42. The van der Waals surface area contributed by atoms with Gasteiger partial charge >= 0.3 is 0 Å². The van der Waals surface area contributed by atoms with E-state index >= 15 is 0 Å². The second-order valence-corrected chi connectivity index (χ2v) is 7.55. The van der Waals surface area contributed by atoms with Crippen LogP contribution < -0.4 is 18.9 Å². The van der Waals surface area contributed by atoms with E-state index < -0.39 is 6.04 Å². The van der Waals surface area contributed by atoms with E-state index in [4.69, 9.17) is 18.9 Å². The van der Waals surface area contributed by atoms with E-state index in [9.17, 15) is 9.59 Å². The third-order valence-corrected chi connectivity index (χ3v) is 5.60. The van der Waals surface area contributed by atoms with Crippen LogP contribution in [0.2, 0.25) is 0 Å². The van der Waals surface area contributed by atoms with Crippen molar-refractivity contribution in [1.29, 1.82) is 0 Å². The Bertz CT molecular complexity index is 931. The standard InChI is InChI=1S/C24H30N2O6/c1-25(13-14-32-19-8-6-18(29-2)7-9-19)20-16-23(27)26(24(20)28)12-11-17-5-10-21(30-3)22(15-17)31-4/h5-10,15,20H,11-14,16H2,1-4H3. The van der Waals surface area contributed by atoms with E-state index in [1.54, 1.807) is 21.3 Å². The quantitative estimate of drug-likeness (QED) is 0.495. The van der Waals surface area contributed by atoms with E-state index in [0.717, 1.165) is 17.1 Å². The summed E-state index contributed by atoms with van der Waals surface area (Å²) in [6.07, 6.45) is 0.735. The summed E-state index contributed by atoms with van der Waals surface area (Å²) in [5, 5.41) is 0. The van der Waals surface area contributed by atoms with E-state index in [-0.39, 0.29) is 18.2 Å². The summed E-state index contributed by atoms with van der Waals surface area (Å²) >= 11 is 0. The Morgan fingerprint density at radius 3 is 2.28 bits per heavy atom. The van der Waals surface area contributed by atoms with Crippen LogP contribution in [0.5, 0.6) is 23.0 Å². The van der Waals surface area contributed by atoms with Crippen molar-refractivity contribution in [2.24, 2.45) is 0 Å². The average Bonchev–Trinajstić information content (AvgIpc) is 3.11. The fourth-order valence-corrected chi connectivity index (χ4v) is 3.66. The molecule has 2 amide bonds. The number of carbonyl (C=O) groups excluding carboxylic acids is 2. The fraction of sp³-hybridized carbons (Fsp3) is 0.417. The highest BCUT2D eigenvalue weighted by molar-refractivity contribution is 6.05. The summed E-state index contributed by atoms with van der Waals surface area (Å²) in [6.45, 7) is 1.27. The van der Waals surface area contributed by atoms with Gasteiger partial charge in [0.05, 0.1) is 33.8 Å². The van der Waals surface area contributed by atoms with Crippen molar-refractivity contribution in [3.8, 4) is 23.0 Å². The Morgan fingerprint density at radius 1 is 0.938 bits per heavy atom. The molecule has 1 atom stereocenters. The average molecular weight is 443 g/mol. The molecule has 2 aromatic rings. The zero-order valence-electron chi connectivity index (χ0n) is 19.0. The Balaban J connectivity index is 1.50. The first-order valence-corrected chi connectivity index (χ1v) is 10.5. The van der Waals surface area contributed by atoms with Gasteiger partial charge in [-0.1, -0.05) is 6.07 Å². The molecule has 3 rings (SSSR count). The Morgan fingerprint density at radius 2 is 1.62 bits per heavy atom. The molecule has 0 N–H and O–H groups in total. The first-order chi connectivity index (χ1) is 15.5. The van der Waals surface area contributed by atoms with Crippen LogP contribution in [-0.2, 0) is 16.0 Å². The van der Waals surface area contributed by atoms with Crippen LogP contribution in [0.15, 0.2) is 42.5 Å². The molecule has 172 valence electrons. The molecule has 1 saturated heterocycles. The molecule has 1 fully saturated rings. The lowest BCUT2D eigenvalue weighted by molar-refractivity contribution is -0.139. The van der Waals surface area contributed by atoms with Crippen LogP contribution >= 0.6 is 0 Å². The van der Waals surface area contributed by atoms with Crippen molar-refractivity contribution in [2.45, 2.75) is 18.9 Å². The summed E-state index contributed by atoms with van der Waals surface area (Å²) < 4.78 is 21.4. The summed E-state index contributed by atoms with van der Waals surface area (Å²) in [4.78, 5) is 28.6. The van der Waals surface area contributed by atoms with E-state index in [1.165, 1.54) is 4.90 Å². The van der Waals surface area contributed by atoms with Crippen molar-refractivity contribution < 1.29 is 28.5 Å². The highest BCUT2D eigenvalue weighted by Crippen LogP contribution is 2.28. The summed E-state index contributed by atoms with van der Waals surface area (Å²) in [7, 11) is 6.61. The topological polar surface area (TPSA) is 77.5 Å². The smallest absolute Gasteiger partial charge is 0.247 e. The number of imide groups is 1. The molecule has 1 aliphatic rings. The van der Waals surface area contributed by atoms with Crippen molar-refractivity contribution in [1.82, 2.24) is 9.80 Å². The summed E-state index contributed by atoms with van der Waals surface area (Å²) in [6, 6.07) is 12.4. The van der Waals surface area contributed by atoms with Crippen molar-refractivity contribution in [3.63, 3.8) is 0 Å². The van der Waals surface area contributed by atoms with Crippen molar-refractivity contribution in [2.75, 3.05) is 48.1 Å². The molecule has 1 heterocycles. The lowest BCUT2D eigenvalue weighted by Gasteiger charge is -2.23. The van der Waals surface area contributed by atoms with Crippen LogP contribution in [0, 0.1) is 0 Å². The largest absolute Gasteiger partial charge is 0.497 e. The van der Waals surface area contributed by atoms with Gasteiger partial charge in [0.15, 0.2) is 11.5 Å². The second kappa shape index (κ2) is 10.9. The number of methoxy groups -OCH3 is 3. The molecule has 0 radical (unpaired) electrons. The highest BCUT2D eigenvalue weighted by Gasteiger charge is 2.40. The first kappa shape index (κ1) is 23.4. The van der Waals surface area contributed by atoms with Gasteiger partial charge in [0.25, 0.3) is 0 Å². The number of ether oxygens (including phenoxy) is 4. The predicted octanol–water partition coefficient (Wildman–Crippen LogP) is 2.39. The maximum atomic E-state index is 12.9. The van der Waals surface area contributed by atoms with Gasteiger partial charge in [-0.2, -0.15) is 0 Å². The number of rotatable bonds is 11. The van der Waals surface area contributed by atoms with Gasteiger partial charge in [-0.05, 0) is 55.4 Å². The number of nitrogens with zero attached hydrogens (tertiary/aromatic N) is 2. The fourth-order valence-electron chi connectivity index (χ4n) is 3.66. The Hall–Kier alpha value is -3.26. The first-order valence-electron chi connectivity index (χ1n) is 10.5.